The molecular weight excluding hydrogens is 332 g/mol. The Kier molecular flexibility index (Phi) is 3.24. The maximum atomic E-state index is 12.5. The lowest BCUT2D eigenvalue weighted by atomic mass is 10.2. The van der Waals surface area contributed by atoms with Crippen molar-refractivity contribution in [2.75, 3.05) is 5.43 Å². The van der Waals surface area contributed by atoms with Crippen LogP contribution in [0.25, 0.3) is 16.7 Å². The van der Waals surface area contributed by atoms with Crippen LogP contribution < -0.4 is 11.0 Å². The molecule has 0 aliphatic heterocycles. The molecule has 3 heterocycles. The van der Waals surface area contributed by atoms with E-state index in [4.69, 9.17) is 11.6 Å². The van der Waals surface area contributed by atoms with Crippen LogP contribution >= 0.6 is 11.6 Å². The van der Waals surface area contributed by atoms with Crippen molar-refractivity contribution in [1.82, 2.24) is 24.5 Å². The summed E-state index contributed by atoms with van der Waals surface area (Å²) in [6, 6.07) is 9.86. The Morgan fingerprint density at radius 2 is 1.96 bits per heavy atom. The predicted molar refractivity (Wildman–Crippen MR) is 87.7 cm³/mol. The fourth-order valence-electron chi connectivity index (χ4n) is 2.34. The minimum Gasteiger partial charge on any atom is -0.267 e. The summed E-state index contributed by atoms with van der Waals surface area (Å²) in [5.41, 5.74) is 3.35. The Balaban J connectivity index is 1.79. The zero-order valence-corrected chi connectivity index (χ0v) is 12.8. The van der Waals surface area contributed by atoms with Crippen molar-refractivity contribution < 1.29 is 4.79 Å². The third kappa shape index (κ3) is 2.20. The van der Waals surface area contributed by atoms with E-state index in [0.29, 0.717) is 16.2 Å². The van der Waals surface area contributed by atoms with E-state index in [1.54, 1.807) is 42.6 Å². The van der Waals surface area contributed by atoms with E-state index in [9.17, 15) is 9.59 Å². The molecule has 9 heteroatoms. The van der Waals surface area contributed by atoms with E-state index < -0.39 is 11.5 Å². The van der Waals surface area contributed by atoms with E-state index >= 15 is 0 Å². The largest absolute Gasteiger partial charge is 0.299 e. The van der Waals surface area contributed by atoms with Gasteiger partial charge in [0.05, 0.1) is 16.8 Å². The van der Waals surface area contributed by atoms with Crippen molar-refractivity contribution >= 4 is 34.2 Å². The number of rotatable bonds is 2. The van der Waals surface area contributed by atoms with Crippen molar-refractivity contribution in [2.24, 2.45) is 0 Å². The number of amides is 1. The molecule has 0 radical (unpaired) electrons. The minimum atomic E-state index is -0.516. The highest BCUT2D eigenvalue weighted by Gasteiger charge is 2.13. The van der Waals surface area contributed by atoms with Gasteiger partial charge in [-0.1, -0.05) is 23.7 Å². The Morgan fingerprint density at radius 1 is 1.12 bits per heavy atom. The average Bonchev–Trinajstić information content (AvgIpc) is 3.06. The number of benzene rings is 1. The molecule has 24 heavy (non-hydrogen) atoms. The van der Waals surface area contributed by atoms with Gasteiger partial charge in [-0.15, -0.1) is 10.2 Å². The molecule has 1 N–H and O–H groups in total. The monoisotopic (exact) mass is 340 g/mol. The van der Waals surface area contributed by atoms with Gasteiger partial charge >= 0.3 is 0 Å². The first-order chi connectivity index (χ1) is 11.6. The maximum absolute atomic E-state index is 12.5. The van der Waals surface area contributed by atoms with Crippen molar-refractivity contribution in [3.05, 3.63) is 69.7 Å². The Bertz CT molecular complexity index is 1150. The van der Waals surface area contributed by atoms with E-state index in [1.807, 2.05) is 0 Å². The van der Waals surface area contributed by atoms with Gasteiger partial charge in [0.1, 0.15) is 5.52 Å². The molecule has 0 bridgehead atoms. The topological polar surface area (TPSA) is 94.2 Å². The second-order valence-electron chi connectivity index (χ2n) is 4.95. The highest BCUT2D eigenvalue weighted by atomic mass is 35.5. The molecule has 0 saturated heterocycles. The molecule has 8 nitrogen and oxygen atoms in total. The number of pyridine rings is 1. The lowest BCUT2D eigenvalue weighted by Crippen LogP contribution is -2.33. The number of hydrogen-bond acceptors (Lipinski definition) is 5. The van der Waals surface area contributed by atoms with Crippen LogP contribution in [0.15, 0.2) is 53.6 Å². The second-order valence-corrected chi connectivity index (χ2v) is 5.35. The average molecular weight is 341 g/mol. The molecule has 118 valence electrons. The molecule has 0 aliphatic carbocycles. The Labute approximate surface area is 139 Å². The number of carbonyl (C=O) groups is 1. The minimum absolute atomic E-state index is 0.0909. The first-order valence-corrected chi connectivity index (χ1v) is 7.30. The highest BCUT2D eigenvalue weighted by Crippen LogP contribution is 2.15. The Hall–Kier alpha value is -3.26. The van der Waals surface area contributed by atoms with Gasteiger partial charge in [-0.3, -0.25) is 15.0 Å². The van der Waals surface area contributed by atoms with Crippen molar-refractivity contribution in [1.29, 1.82) is 0 Å². The van der Waals surface area contributed by atoms with Gasteiger partial charge in [0.2, 0.25) is 0 Å². The normalized spacial score (nSPS) is 11.0. The summed E-state index contributed by atoms with van der Waals surface area (Å²) in [5.74, 6) is -0.504. The third-order valence-electron chi connectivity index (χ3n) is 3.49. The molecule has 0 atom stereocenters. The highest BCUT2D eigenvalue weighted by molar-refractivity contribution is 6.34. The lowest BCUT2D eigenvalue weighted by Gasteiger charge is -2.09. The van der Waals surface area contributed by atoms with Gasteiger partial charge < -0.3 is 0 Å². The fraction of sp³-hybridized carbons (Fsp3) is 0. The molecule has 4 aromatic rings. The van der Waals surface area contributed by atoms with Gasteiger partial charge in [0.15, 0.2) is 11.2 Å². The first kappa shape index (κ1) is 14.3. The van der Waals surface area contributed by atoms with Gasteiger partial charge in [-0.25, -0.2) is 9.19 Å². The van der Waals surface area contributed by atoms with Gasteiger partial charge in [0.25, 0.3) is 11.5 Å². The molecule has 0 aliphatic rings. The number of halogens is 1. The molecule has 3 aromatic heterocycles. The van der Waals surface area contributed by atoms with Gasteiger partial charge in [0, 0.05) is 12.3 Å². The molecule has 1 amide bonds. The Morgan fingerprint density at radius 3 is 2.79 bits per heavy atom. The van der Waals surface area contributed by atoms with E-state index in [0.717, 1.165) is 4.68 Å². The molecule has 4 rings (SSSR count). The number of hydrogen-bond donors (Lipinski definition) is 1. The first-order valence-electron chi connectivity index (χ1n) is 6.93. The lowest BCUT2D eigenvalue weighted by molar-refractivity contribution is 0.101. The van der Waals surface area contributed by atoms with Crippen LogP contribution in [0.3, 0.4) is 0 Å². The zero-order valence-electron chi connectivity index (χ0n) is 12.0. The van der Waals surface area contributed by atoms with Crippen LogP contribution in [0, 0.1) is 0 Å². The summed E-state index contributed by atoms with van der Waals surface area (Å²) in [6.45, 7) is 0. The summed E-state index contributed by atoms with van der Waals surface area (Å²) in [7, 11) is 0. The summed E-state index contributed by atoms with van der Waals surface area (Å²) < 4.78 is 2.54. The number of fused-ring (bicyclic) bond motifs is 3. The number of aromatic nitrogens is 5. The molecule has 0 unspecified atom stereocenters. The van der Waals surface area contributed by atoms with E-state index in [1.165, 1.54) is 10.7 Å². The van der Waals surface area contributed by atoms with Crippen LogP contribution in [0.4, 0.5) is 0 Å². The number of carbonyl (C=O) groups excluding carboxylic acids is 1. The van der Waals surface area contributed by atoms with Crippen molar-refractivity contribution in [3.8, 4) is 0 Å². The maximum Gasteiger partial charge on any atom is 0.299 e. The van der Waals surface area contributed by atoms with Crippen molar-refractivity contribution in [2.45, 2.75) is 0 Å². The van der Waals surface area contributed by atoms with Crippen LogP contribution in [0.5, 0.6) is 0 Å². The van der Waals surface area contributed by atoms with E-state index in [2.05, 4.69) is 20.7 Å². The van der Waals surface area contributed by atoms with Crippen LogP contribution in [0.1, 0.15) is 10.4 Å². The third-order valence-corrected chi connectivity index (χ3v) is 3.82. The predicted octanol–water partition coefficient (Wildman–Crippen LogP) is 1.48. The van der Waals surface area contributed by atoms with E-state index in [-0.39, 0.29) is 11.1 Å². The SMILES string of the molecule is O=C(Nn1ccc2c(nnc3ccnn32)c1=O)c1ccccc1Cl. The van der Waals surface area contributed by atoms with Gasteiger partial charge in [-0.05, 0) is 18.2 Å². The smallest absolute Gasteiger partial charge is 0.267 e. The van der Waals surface area contributed by atoms with Gasteiger partial charge in [-0.2, -0.15) is 5.10 Å². The molecule has 1 aromatic carbocycles. The second kappa shape index (κ2) is 5.43. The summed E-state index contributed by atoms with van der Waals surface area (Å²) >= 11 is 5.99. The molecular formula is C15H9ClN6O2. The summed E-state index contributed by atoms with van der Waals surface area (Å²) in [5, 5.41) is 12.2. The molecule has 0 fully saturated rings. The zero-order chi connectivity index (χ0) is 16.7. The summed E-state index contributed by atoms with van der Waals surface area (Å²) in [4.78, 5) is 24.8. The molecule has 0 spiro atoms. The number of nitrogens with zero attached hydrogens (tertiary/aromatic N) is 5. The fourth-order valence-corrected chi connectivity index (χ4v) is 2.56. The molecule has 0 saturated carbocycles. The summed E-state index contributed by atoms with van der Waals surface area (Å²) in [6.07, 6.45) is 3.00. The van der Waals surface area contributed by atoms with Crippen LogP contribution in [0.2, 0.25) is 5.02 Å². The standard InChI is InChI=1S/C15H9ClN6O2/c16-10-4-2-1-3-9(10)14(23)20-21-8-6-11-13(15(21)24)19-18-12-5-7-17-22(11)12/h1-8H,(H,20,23). The van der Waals surface area contributed by atoms with Crippen molar-refractivity contribution in [3.63, 3.8) is 0 Å². The van der Waals surface area contributed by atoms with Crippen LogP contribution in [-0.2, 0) is 0 Å². The quantitative estimate of drug-likeness (QED) is 0.596. The number of nitrogens with one attached hydrogen (secondary N) is 1. The van der Waals surface area contributed by atoms with Crippen LogP contribution in [-0.4, -0.2) is 30.4 Å².